The molecule has 1 fully saturated rings. The number of rotatable bonds is 6. The summed E-state index contributed by atoms with van der Waals surface area (Å²) >= 11 is 12.1. The quantitative estimate of drug-likeness (QED) is 0.506. The number of hydrazone groups is 1. The number of piperazine rings is 1. The molecule has 2 aromatic carbocycles. The van der Waals surface area contributed by atoms with Gasteiger partial charge in [-0.05, 0) is 38.1 Å². The normalized spacial score (nSPS) is 16.3. The summed E-state index contributed by atoms with van der Waals surface area (Å²) in [6.45, 7) is 5.36. The maximum absolute atomic E-state index is 12.8. The molecule has 166 valence electrons. The Morgan fingerprint density at radius 2 is 1.71 bits per heavy atom. The van der Waals surface area contributed by atoms with Crippen LogP contribution in [0.5, 0.6) is 0 Å². The van der Waals surface area contributed by atoms with Crippen LogP contribution in [0.2, 0.25) is 10.0 Å². The van der Waals surface area contributed by atoms with Gasteiger partial charge < -0.3 is 0 Å². The molecule has 3 rings (SSSR count). The second kappa shape index (κ2) is 10.1. The number of hydrogen-bond donors (Lipinski definition) is 1. The second-order valence-electron chi connectivity index (χ2n) is 7.35. The lowest BCUT2D eigenvalue weighted by atomic mass is 10.1. The fourth-order valence-corrected chi connectivity index (χ4v) is 5.18. The standard InChI is InChI=1S/C21H24Cl2N4O3S/c1-15-3-6-18(7-4-15)31(29,30)27-11-9-26(10-12-27)14-21(28)25-24-16(2)19-8-5-17(22)13-20(19)23/h3-8,13H,9-12,14H2,1-2H3,(H,25,28). The molecule has 0 saturated carbocycles. The lowest BCUT2D eigenvalue weighted by Gasteiger charge is -2.33. The van der Waals surface area contributed by atoms with Gasteiger partial charge in [0.2, 0.25) is 10.0 Å². The summed E-state index contributed by atoms with van der Waals surface area (Å²) in [5.41, 5.74) is 4.77. The van der Waals surface area contributed by atoms with E-state index in [9.17, 15) is 13.2 Å². The summed E-state index contributed by atoms with van der Waals surface area (Å²) in [6, 6.07) is 11.9. The predicted molar refractivity (Wildman–Crippen MR) is 123 cm³/mol. The van der Waals surface area contributed by atoms with Gasteiger partial charge in [-0.3, -0.25) is 9.69 Å². The van der Waals surface area contributed by atoms with Crippen LogP contribution in [-0.2, 0) is 14.8 Å². The molecule has 1 heterocycles. The molecule has 0 radical (unpaired) electrons. The number of halogens is 2. The molecule has 7 nitrogen and oxygen atoms in total. The van der Waals surface area contributed by atoms with E-state index in [4.69, 9.17) is 23.2 Å². The molecule has 0 aromatic heterocycles. The highest BCUT2D eigenvalue weighted by Gasteiger charge is 2.28. The van der Waals surface area contributed by atoms with Crippen LogP contribution in [-0.4, -0.2) is 62.0 Å². The van der Waals surface area contributed by atoms with E-state index in [1.807, 2.05) is 11.8 Å². The zero-order valence-electron chi connectivity index (χ0n) is 17.3. The van der Waals surface area contributed by atoms with E-state index in [1.54, 1.807) is 49.4 Å². The van der Waals surface area contributed by atoms with Crippen molar-refractivity contribution in [3.63, 3.8) is 0 Å². The Kier molecular flexibility index (Phi) is 7.72. The first-order chi connectivity index (χ1) is 14.7. The Bertz CT molecular complexity index is 1080. The van der Waals surface area contributed by atoms with Gasteiger partial charge in [-0.25, -0.2) is 13.8 Å². The lowest BCUT2D eigenvalue weighted by molar-refractivity contribution is -0.122. The molecular formula is C21H24Cl2N4O3S. The fraction of sp³-hybridized carbons (Fsp3) is 0.333. The first kappa shape index (κ1) is 23.7. The highest BCUT2D eigenvalue weighted by Crippen LogP contribution is 2.21. The highest BCUT2D eigenvalue weighted by molar-refractivity contribution is 7.89. The van der Waals surface area contributed by atoms with E-state index in [2.05, 4.69) is 10.5 Å². The van der Waals surface area contributed by atoms with Gasteiger partial charge in [-0.15, -0.1) is 0 Å². The summed E-state index contributed by atoms with van der Waals surface area (Å²) in [5, 5.41) is 5.08. The van der Waals surface area contributed by atoms with Crippen LogP contribution >= 0.6 is 23.2 Å². The van der Waals surface area contributed by atoms with Crippen LogP contribution < -0.4 is 5.43 Å². The van der Waals surface area contributed by atoms with Gasteiger partial charge in [0.1, 0.15) is 0 Å². The highest BCUT2D eigenvalue weighted by atomic mass is 35.5. The molecule has 1 N–H and O–H groups in total. The number of benzene rings is 2. The summed E-state index contributed by atoms with van der Waals surface area (Å²) in [6.07, 6.45) is 0. The molecule has 1 amide bonds. The molecule has 0 bridgehead atoms. The molecule has 1 aliphatic heterocycles. The summed E-state index contributed by atoms with van der Waals surface area (Å²) in [7, 11) is -3.53. The molecule has 1 aliphatic rings. The van der Waals surface area contributed by atoms with Gasteiger partial charge in [-0.2, -0.15) is 9.41 Å². The summed E-state index contributed by atoms with van der Waals surface area (Å²) in [5.74, 6) is -0.278. The van der Waals surface area contributed by atoms with Gasteiger partial charge in [0.05, 0.1) is 22.2 Å². The Balaban J connectivity index is 1.52. The Morgan fingerprint density at radius 1 is 1.06 bits per heavy atom. The van der Waals surface area contributed by atoms with Crippen molar-refractivity contribution in [2.75, 3.05) is 32.7 Å². The maximum atomic E-state index is 12.8. The van der Waals surface area contributed by atoms with Gasteiger partial charge in [0, 0.05) is 36.8 Å². The SMILES string of the molecule is CC(=NNC(=O)CN1CCN(S(=O)(=O)c2ccc(C)cc2)CC1)c1ccc(Cl)cc1Cl. The Labute approximate surface area is 192 Å². The van der Waals surface area contributed by atoms with Crippen LogP contribution in [0.15, 0.2) is 52.5 Å². The van der Waals surface area contributed by atoms with E-state index in [-0.39, 0.29) is 17.3 Å². The Morgan fingerprint density at radius 3 is 2.32 bits per heavy atom. The number of sulfonamides is 1. The first-order valence-electron chi connectivity index (χ1n) is 9.74. The van der Waals surface area contributed by atoms with Crippen molar-refractivity contribution in [2.24, 2.45) is 5.10 Å². The predicted octanol–water partition coefficient (Wildman–Crippen LogP) is 3.15. The van der Waals surface area contributed by atoms with Crippen molar-refractivity contribution in [1.29, 1.82) is 0 Å². The van der Waals surface area contributed by atoms with Crippen LogP contribution in [0.3, 0.4) is 0 Å². The minimum Gasteiger partial charge on any atom is -0.292 e. The molecule has 0 atom stereocenters. The zero-order chi connectivity index (χ0) is 22.6. The number of amides is 1. The van der Waals surface area contributed by atoms with Crippen LogP contribution in [0.1, 0.15) is 18.1 Å². The largest absolute Gasteiger partial charge is 0.292 e. The number of aryl methyl sites for hydroxylation is 1. The Hall–Kier alpha value is -1.97. The van der Waals surface area contributed by atoms with Gasteiger partial charge in [-0.1, -0.05) is 47.0 Å². The van der Waals surface area contributed by atoms with Crippen molar-refractivity contribution < 1.29 is 13.2 Å². The van der Waals surface area contributed by atoms with Gasteiger partial charge in [0.25, 0.3) is 5.91 Å². The topological polar surface area (TPSA) is 82.1 Å². The van der Waals surface area contributed by atoms with Crippen molar-refractivity contribution in [1.82, 2.24) is 14.6 Å². The molecular weight excluding hydrogens is 459 g/mol. The number of nitrogens with one attached hydrogen (secondary N) is 1. The minimum absolute atomic E-state index is 0.129. The maximum Gasteiger partial charge on any atom is 0.254 e. The minimum atomic E-state index is -3.53. The van der Waals surface area contributed by atoms with E-state index >= 15 is 0 Å². The van der Waals surface area contributed by atoms with Gasteiger partial charge in [0.15, 0.2) is 0 Å². The molecule has 10 heteroatoms. The number of nitrogens with zero attached hydrogens (tertiary/aromatic N) is 3. The molecule has 2 aromatic rings. The molecule has 0 aliphatic carbocycles. The third-order valence-electron chi connectivity index (χ3n) is 5.03. The van der Waals surface area contributed by atoms with E-state index in [0.29, 0.717) is 47.5 Å². The lowest BCUT2D eigenvalue weighted by Crippen LogP contribution is -2.50. The third kappa shape index (κ3) is 6.05. The first-order valence-corrected chi connectivity index (χ1v) is 11.9. The number of carbonyl (C=O) groups excluding carboxylic acids is 1. The third-order valence-corrected chi connectivity index (χ3v) is 7.49. The average molecular weight is 483 g/mol. The van der Waals surface area contributed by atoms with Crippen molar-refractivity contribution in [3.05, 3.63) is 63.6 Å². The van der Waals surface area contributed by atoms with E-state index < -0.39 is 10.0 Å². The summed E-state index contributed by atoms with van der Waals surface area (Å²) < 4.78 is 27.0. The number of carbonyl (C=O) groups is 1. The smallest absolute Gasteiger partial charge is 0.254 e. The second-order valence-corrected chi connectivity index (χ2v) is 10.1. The monoisotopic (exact) mass is 482 g/mol. The molecule has 1 saturated heterocycles. The van der Waals surface area contributed by atoms with Crippen LogP contribution in [0.4, 0.5) is 0 Å². The van der Waals surface area contributed by atoms with E-state index in [1.165, 1.54) is 4.31 Å². The van der Waals surface area contributed by atoms with Crippen LogP contribution in [0.25, 0.3) is 0 Å². The van der Waals surface area contributed by atoms with E-state index in [0.717, 1.165) is 5.56 Å². The average Bonchev–Trinajstić information content (AvgIpc) is 2.73. The molecule has 31 heavy (non-hydrogen) atoms. The fourth-order valence-electron chi connectivity index (χ4n) is 3.22. The zero-order valence-corrected chi connectivity index (χ0v) is 19.6. The molecule has 0 unspecified atom stereocenters. The van der Waals surface area contributed by atoms with Crippen LogP contribution in [0, 0.1) is 6.92 Å². The summed E-state index contributed by atoms with van der Waals surface area (Å²) in [4.78, 5) is 14.5. The van der Waals surface area contributed by atoms with Crippen molar-refractivity contribution in [2.45, 2.75) is 18.7 Å². The molecule has 0 spiro atoms. The number of hydrogen-bond acceptors (Lipinski definition) is 5. The van der Waals surface area contributed by atoms with Crippen molar-refractivity contribution >= 4 is 44.8 Å². The van der Waals surface area contributed by atoms with Gasteiger partial charge >= 0.3 is 0 Å². The van der Waals surface area contributed by atoms with Crippen molar-refractivity contribution in [3.8, 4) is 0 Å².